The second-order valence-electron chi connectivity index (χ2n) is 7.74. The first kappa shape index (κ1) is 19.9. The molecular formula is C20H29N3O3. The fraction of sp³-hybridized carbons (Fsp3) is 0.550. The maximum atomic E-state index is 12.3. The molecule has 0 aliphatic carbocycles. The van der Waals surface area contributed by atoms with E-state index in [-0.39, 0.29) is 12.0 Å². The van der Waals surface area contributed by atoms with E-state index in [0.29, 0.717) is 25.6 Å². The molecule has 26 heavy (non-hydrogen) atoms. The van der Waals surface area contributed by atoms with Crippen molar-refractivity contribution in [2.24, 2.45) is 5.92 Å². The Kier molecular flexibility index (Phi) is 6.77. The summed E-state index contributed by atoms with van der Waals surface area (Å²) in [5, 5.41) is 0. The van der Waals surface area contributed by atoms with Crippen LogP contribution in [0, 0.1) is 5.92 Å². The Balaban J connectivity index is 1.77. The molecule has 1 aromatic rings. The van der Waals surface area contributed by atoms with Gasteiger partial charge in [-0.1, -0.05) is 0 Å². The lowest BCUT2D eigenvalue weighted by Gasteiger charge is -2.34. The molecular weight excluding hydrogens is 330 g/mol. The van der Waals surface area contributed by atoms with Crippen LogP contribution in [-0.4, -0.2) is 59.1 Å². The summed E-state index contributed by atoms with van der Waals surface area (Å²) in [6.07, 6.45) is 8.30. The van der Waals surface area contributed by atoms with Crippen LogP contribution in [0.5, 0.6) is 0 Å². The first-order valence-electron chi connectivity index (χ1n) is 9.06. The molecule has 0 radical (unpaired) electrons. The normalized spacial score (nSPS) is 15.9. The van der Waals surface area contributed by atoms with Crippen molar-refractivity contribution in [1.29, 1.82) is 0 Å². The number of aromatic nitrogens is 1. The van der Waals surface area contributed by atoms with Gasteiger partial charge in [-0.15, -0.1) is 0 Å². The molecule has 0 unspecified atom stereocenters. The zero-order valence-electron chi connectivity index (χ0n) is 16.1. The zero-order chi connectivity index (χ0) is 19.2. The van der Waals surface area contributed by atoms with E-state index in [1.165, 1.54) is 0 Å². The maximum absolute atomic E-state index is 12.3. The first-order valence-corrected chi connectivity index (χ1v) is 9.06. The summed E-state index contributed by atoms with van der Waals surface area (Å²) in [4.78, 5) is 31.8. The van der Waals surface area contributed by atoms with Crippen LogP contribution in [0.25, 0.3) is 6.08 Å². The fourth-order valence-corrected chi connectivity index (χ4v) is 2.87. The van der Waals surface area contributed by atoms with Crippen LogP contribution in [0.2, 0.25) is 0 Å². The average molecular weight is 359 g/mol. The van der Waals surface area contributed by atoms with Crippen molar-refractivity contribution in [3.05, 3.63) is 36.2 Å². The molecule has 2 amide bonds. The van der Waals surface area contributed by atoms with Crippen molar-refractivity contribution in [3.63, 3.8) is 0 Å². The van der Waals surface area contributed by atoms with E-state index in [1.54, 1.807) is 34.3 Å². The van der Waals surface area contributed by atoms with Crippen LogP contribution in [0.15, 0.2) is 30.6 Å². The molecule has 0 atom stereocenters. The summed E-state index contributed by atoms with van der Waals surface area (Å²) < 4.78 is 5.41. The van der Waals surface area contributed by atoms with Gasteiger partial charge in [-0.3, -0.25) is 9.78 Å². The predicted molar refractivity (Wildman–Crippen MR) is 101 cm³/mol. The molecule has 1 aromatic heterocycles. The molecule has 0 bridgehead atoms. The van der Waals surface area contributed by atoms with Gasteiger partial charge in [0.25, 0.3) is 0 Å². The SMILES string of the molecule is CN(CC1CCN(C(=O)OC(C)(C)C)CC1)C(=O)/C=C/c1ccncc1. The summed E-state index contributed by atoms with van der Waals surface area (Å²) in [7, 11) is 1.82. The highest BCUT2D eigenvalue weighted by molar-refractivity contribution is 5.91. The molecule has 2 rings (SSSR count). The highest BCUT2D eigenvalue weighted by atomic mass is 16.6. The van der Waals surface area contributed by atoms with Gasteiger partial charge in [0.1, 0.15) is 5.60 Å². The van der Waals surface area contributed by atoms with Gasteiger partial charge >= 0.3 is 6.09 Å². The van der Waals surface area contributed by atoms with Gasteiger partial charge in [0.2, 0.25) is 5.91 Å². The van der Waals surface area contributed by atoms with Gasteiger partial charge in [-0.2, -0.15) is 0 Å². The number of piperidine rings is 1. The van der Waals surface area contributed by atoms with Crippen LogP contribution in [0.3, 0.4) is 0 Å². The van der Waals surface area contributed by atoms with Crippen molar-refractivity contribution in [3.8, 4) is 0 Å². The lowest BCUT2D eigenvalue weighted by molar-refractivity contribution is -0.125. The minimum atomic E-state index is -0.471. The molecule has 6 heteroatoms. The smallest absolute Gasteiger partial charge is 0.410 e. The van der Waals surface area contributed by atoms with Gasteiger partial charge in [-0.25, -0.2) is 4.79 Å². The number of carbonyl (C=O) groups is 2. The number of amides is 2. The number of hydrogen-bond acceptors (Lipinski definition) is 4. The standard InChI is InChI=1S/C20H29N3O3/c1-20(2,3)26-19(25)23-13-9-17(10-14-23)15-22(4)18(24)6-5-16-7-11-21-12-8-16/h5-8,11-12,17H,9-10,13-15H2,1-4H3/b6-5+. The number of nitrogens with zero attached hydrogens (tertiary/aromatic N) is 3. The molecule has 1 aliphatic rings. The second-order valence-corrected chi connectivity index (χ2v) is 7.74. The Morgan fingerprint density at radius 2 is 1.88 bits per heavy atom. The molecule has 1 aliphatic heterocycles. The van der Waals surface area contributed by atoms with Crippen molar-refractivity contribution in [2.75, 3.05) is 26.7 Å². The second kappa shape index (κ2) is 8.83. The molecule has 0 saturated carbocycles. The molecule has 142 valence electrons. The third-order valence-electron chi connectivity index (χ3n) is 4.30. The van der Waals surface area contributed by atoms with Crippen molar-refractivity contribution in [1.82, 2.24) is 14.8 Å². The third-order valence-corrected chi connectivity index (χ3v) is 4.30. The Labute approximate surface area is 155 Å². The van der Waals surface area contributed by atoms with Gasteiger partial charge < -0.3 is 14.5 Å². The molecule has 0 N–H and O–H groups in total. The summed E-state index contributed by atoms with van der Waals surface area (Å²) in [6, 6.07) is 3.71. The number of hydrogen-bond donors (Lipinski definition) is 0. The molecule has 1 saturated heterocycles. The van der Waals surface area contributed by atoms with Crippen LogP contribution in [-0.2, 0) is 9.53 Å². The van der Waals surface area contributed by atoms with Crippen molar-refractivity contribution < 1.29 is 14.3 Å². The Morgan fingerprint density at radius 1 is 1.27 bits per heavy atom. The third kappa shape index (κ3) is 6.50. The van der Waals surface area contributed by atoms with E-state index in [0.717, 1.165) is 18.4 Å². The van der Waals surface area contributed by atoms with E-state index < -0.39 is 5.60 Å². The van der Waals surface area contributed by atoms with Gasteiger partial charge in [0, 0.05) is 45.2 Å². The van der Waals surface area contributed by atoms with Gasteiger partial charge in [0.15, 0.2) is 0 Å². The number of pyridine rings is 1. The lowest BCUT2D eigenvalue weighted by Crippen LogP contribution is -2.43. The fourth-order valence-electron chi connectivity index (χ4n) is 2.87. The summed E-state index contributed by atoms with van der Waals surface area (Å²) in [5.74, 6) is 0.383. The largest absolute Gasteiger partial charge is 0.444 e. The quantitative estimate of drug-likeness (QED) is 0.775. The first-order chi connectivity index (χ1) is 12.2. The van der Waals surface area contributed by atoms with Crippen molar-refractivity contribution >= 4 is 18.1 Å². The van der Waals surface area contributed by atoms with E-state index in [4.69, 9.17) is 4.74 Å². The minimum absolute atomic E-state index is 0.0172. The van der Waals surface area contributed by atoms with E-state index in [1.807, 2.05) is 40.0 Å². The molecule has 1 fully saturated rings. The monoisotopic (exact) mass is 359 g/mol. The molecule has 0 aromatic carbocycles. The number of likely N-dealkylation sites (tertiary alicyclic amines) is 1. The Hall–Kier alpha value is -2.37. The lowest BCUT2D eigenvalue weighted by atomic mass is 9.96. The number of rotatable bonds is 4. The van der Waals surface area contributed by atoms with Crippen LogP contribution >= 0.6 is 0 Å². The molecule has 2 heterocycles. The predicted octanol–water partition coefficient (Wildman–Crippen LogP) is 3.20. The highest BCUT2D eigenvalue weighted by Crippen LogP contribution is 2.20. The molecule has 0 spiro atoms. The van der Waals surface area contributed by atoms with Crippen LogP contribution < -0.4 is 0 Å². The Morgan fingerprint density at radius 3 is 2.46 bits per heavy atom. The van der Waals surface area contributed by atoms with Crippen LogP contribution in [0.4, 0.5) is 4.79 Å². The highest BCUT2D eigenvalue weighted by Gasteiger charge is 2.27. The van der Waals surface area contributed by atoms with E-state index >= 15 is 0 Å². The van der Waals surface area contributed by atoms with Crippen molar-refractivity contribution in [2.45, 2.75) is 39.2 Å². The van der Waals surface area contributed by atoms with Crippen LogP contribution in [0.1, 0.15) is 39.2 Å². The average Bonchev–Trinajstić information content (AvgIpc) is 2.59. The zero-order valence-corrected chi connectivity index (χ0v) is 16.1. The summed E-state index contributed by atoms with van der Waals surface area (Å²) >= 11 is 0. The summed E-state index contributed by atoms with van der Waals surface area (Å²) in [5.41, 5.74) is 0.481. The maximum Gasteiger partial charge on any atom is 0.410 e. The van der Waals surface area contributed by atoms with Gasteiger partial charge in [0.05, 0.1) is 0 Å². The minimum Gasteiger partial charge on any atom is -0.444 e. The topological polar surface area (TPSA) is 62.7 Å². The molecule has 6 nitrogen and oxygen atoms in total. The van der Waals surface area contributed by atoms with Gasteiger partial charge in [-0.05, 0) is 63.3 Å². The number of carbonyl (C=O) groups excluding carboxylic acids is 2. The van der Waals surface area contributed by atoms with E-state index in [9.17, 15) is 9.59 Å². The Bertz CT molecular complexity index is 629. The number of likely N-dealkylation sites (N-methyl/N-ethyl adjacent to an activating group) is 1. The van der Waals surface area contributed by atoms with E-state index in [2.05, 4.69) is 4.98 Å². The number of ether oxygens (including phenoxy) is 1. The summed E-state index contributed by atoms with van der Waals surface area (Å²) in [6.45, 7) is 7.66.